The van der Waals surface area contributed by atoms with Crippen molar-refractivity contribution in [3.63, 3.8) is 0 Å². The third kappa shape index (κ3) is 3.00. The molecule has 2 heterocycles. The first-order valence-corrected chi connectivity index (χ1v) is 9.29. The molecule has 0 fully saturated rings. The molecule has 0 spiro atoms. The van der Waals surface area contributed by atoms with Gasteiger partial charge in [-0.2, -0.15) is 0 Å². The molecule has 0 aliphatic carbocycles. The number of aromatic nitrogens is 3. The Bertz CT molecular complexity index is 1090. The maximum Gasteiger partial charge on any atom is 0.328 e. The Morgan fingerprint density at radius 3 is 2.56 bits per heavy atom. The highest BCUT2D eigenvalue weighted by atomic mass is 32.2. The van der Waals surface area contributed by atoms with Crippen LogP contribution in [0.25, 0.3) is 11.0 Å². The SMILES string of the molecule is CC(C)c1nocc1CNS(=O)(=O)c1ccc2c(c1)n(C)c(=O)n2C. The van der Waals surface area contributed by atoms with Crippen molar-refractivity contribution >= 4 is 21.1 Å². The molecule has 0 radical (unpaired) electrons. The number of hydrogen-bond donors (Lipinski definition) is 1. The molecule has 0 unspecified atom stereocenters. The Labute approximate surface area is 145 Å². The second-order valence-electron chi connectivity index (χ2n) is 6.26. The number of nitrogens with one attached hydrogen (secondary N) is 1. The minimum absolute atomic E-state index is 0.0884. The minimum atomic E-state index is -3.73. The first kappa shape index (κ1) is 17.4. The number of sulfonamides is 1. The lowest BCUT2D eigenvalue weighted by Crippen LogP contribution is -2.23. The van der Waals surface area contributed by atoms with Gasteiger partial charge in [-0.25, -0.2) is 17.9 Å². The van der Waals surface area contributed by atoms with Gasteiger partial charge < -0.3 is 4.52 Å². The summed E-state index contributed by atoms with van der Waals surface area (Å²) in [7, 11) is -0.474. The van der Waals surface area contributed by atoms with Crippen LogP contribution in [0.15, 0.2) is 38.7 Å². The van der Waals surface area contributed by atoms with Crippen LogP contribution < -0.4 is 10.4 Å². The fourth-order valence-electron chi connectivity index (χ4n) is 2.78. The Kier molecular flexibility index (Phi) is 4.29. The molecule has 2 aromatic heterocycles. The molecule has 8 nitrogen and oxygen atoms in total. The number of benzene rings is 1. The highest BCUT2D eigenvalue weighted by Crippen LogP contribution is 2.20. The third-order valence-electron chi connectivity index (χ3n) is 4.23. The molecule has 0 bridgehead atoms. The number of imidazole rings is 1. The molecule has 0 aliphatic rings. The Hall–Kier alpha value is -2.39. The number of rotatable bonds is 5. The average molecular weight is 364 g/mol. The monoisotopic (exact) mass is 364 g/mol. The number of aryl methyl sites for hydroxylation is 2. The van der Waals surface area contributed by atoms with E-state index in [0.717, 1.165) is 5.69 Å². The molecular formula is C16H20N4O4S. The predicted octanol–water partition coefficient (Wildman–Crippen LogP) is 1.47. The summed E-state index contributed by atoms with van der Waals surface area (Å²) in [4.78, 5) is 12.1. The zero-order valence-electron chi connectivity index (χ0n) is 14.5. The van der Waals surface area contributed by atoms with Gasteiger partial charge in [0.2, 0.25) is 10.0 Å². The molecule has 0 atom stereocenters. The summed E-state index contributed by atoms with van der Waals surface area (Å²) in [5.74, 6) is 0.133. The molecule has 0 saturated carbocycles. The zero-order chi connectivity index (χ0) is 18.4. The fraction of sp³-hybridized carbons (Fsp3) is 0.375. The van der Waals surface area contributed by atoms with E-state index in [9.17, 15) is 13.2 Å². The largest absolute Gasteiger partial charge is 0.364 e. The Morgan fingerprint density at radius 2 is 1.88 bits per heavy atom. The Balaban J connectivity index is 1.92. The topological polar surface area (TPSA) is 99.1 Å². The van der Waals surface area contributed by atoms with Crippen molar-refractivity contribution in [3.05, 3.63) is 46.2 Å². The molecule has 3 rings (SSSR count). The maximum absolute atomic E-state index is 12.6. The van der Waals surface area contributed by atoms with E-state index in [1.165, 1.54) is 27.5 Å². The zero-order valence-corrected chi connectivity index (χ0v) is 15.3. The first-order chi connectivity index (χ1) is 11.7. The molecule has 9 heteroatoms. The second kappa shape index (κ2) is 6.16. The smallest absolute Gasteiger partial charge is 0.328 e. The molecular weight excluding hydrogens is 344 g/mol. The lowest BCUT2D eigenvalue weighted by molar-refractivity contribution is 0.408. The van der Waals surface area contributed by atoms with Crippen LogP contribution in [0.2, 0.25) is 0 Å². The number of nitrogens with zero attached hydrogens (tertiary/aromatic N) is 3. The lowest BCUT2D eigenvalue weighted by Gasteiger charge is -2.08. The van der Waals surface area contributed by atoms with Crippen molar-refractivity contribution in [2.75, 3.05) is 0 Å². The summed E-state index contributed by atoms with van der Waals surface area (Å²) >= 11 is 0. The van der Waals surface area contributed by atoms with Crippen LogP contribution in [0.4, 0.5) is 0 Å². The molecule has 25 heavy (non-hydrogen) atoms. The van der Waals surface area contributed by atoms with Crippen LogP contribution in [0.5, 0.6) is 0 Å². The number of hydrogen-bond acceptors (Lipinski definition) is 5. The molecule has 134 valence electrons. The lowest BCUT2D eigenvalue weighted by atomic mass is 10.1. The van der Waals surface area contributed by atoms with E-state index in [1.807, 2.05) is 13.8 Å². The van der Waals surface area contributed by atoms with Gasteiger partial charge in [-0.3, -0.25) is 9.13 Å². The van der Waals surface area contributed by atoms with Crippen molar-refractivity contribution in [1.82, 2.24) is 19.0 Å². The van der Waals surface area contributed by atoms with Gasteiger partial charge in [0.05, 0.1) is 21.6 Å². The van der Waals surface area contributed by atoms with Gasteiger partial charge in [-0.1, -0.05) is 19.0 Å². The van der Waals surface area contributed by atoms with Crippen molar-refractivity contribution in [3.8, 4) is 0 Å². The molecule has 3 aromatic rings. The van der Waals surface area contributed by atoms with Crippen LogP contribution in [-0.2, 0) is 30.7 Å². The summed E-state index contributed by atoms with van der Waals surface area (Å²) in [6, 6.07) is 4.61. The molecule has 0 aliphatic heterocycles. The highest BCUT2D eigenvalue weighted by Gasteiger charge is 2.19. The van der Waals surface area contributed by atoms with Gasteiger partial charge in [0.15, 0.2) is 0 Å². The van der Waals surface area contributed by atoms with Crippen molar-refractivity contribution in [1.29, 1.82) is 0 Å². The van der Waals surface area contributed by atoms with E-state index in [-0.39, 0.29) is 23.0 Å². The van der Waals surface area contributed by atoms with Crippen LogP contribution >= 0.6 is 0 Å². The van der Waals surface area contributed by atoms with Gasteiger partial charge in [0, 0.05) is 26.2 Å². The molecule has 1 N–H and O–H groups in total. The number of fused-ring (bicyclic) bond motifs is 1. The van der Waals surface area contributed by atoms with Crippen molar-refractivity contribution in [2.24, 2.45) is 14.1 Å². The summed E-state index contributed by atoms with van der Waals surface area (Å²) < 4.78 is 35.6. The molecule has 0 amide bonds. The van der Waals surface area contributed by atoms with Gasteiger partial charge in [0.1, 0.15) is 6.26 Å². The summed E-state index contributed by atoms with van der Waals surface area (Å²) in [5.41, 5.74) is 2.45. The van der Waals surface area contributed by atoms with Gasteiger partial charge in [0.25, 0.3) is 0 Å². The normalized spacial score (nSPS) is 12.4. The minimum Gasteiger partial charge on any atom is -0.364 e. The highest BCUT2D eigenvalue weighted by molar-refractivity contribution is 7.89. The van der Waals surface area contributed by atoms with Crippen LogP contribution in [0.1, 0.15) is 31.0 Å². The average Bonchev–Trinajstić information content (AvgIpc) is 3.13. The van der Waals surface area contributed by atoms with Crippen LogP contribution in [0.3, 0.4) is 0 Å². The predicted molar refractivity (Wildman–Crippen MR) is 92.8 cm³/mol. The quantitative estimate of drug-likeness (QED) is 0.739. The van der Waals surface area contributed by atoms with Crippen LogP contribution in [-0.4, -0.2) is 22.7 Å². The van der Waals surface area contributed by atoms with Crippen molar-refractivity contribution < 1.29 is 12.9 Å². The van der Waals surface area contributed by atoms with E-state index >= 15 is 0 Å². The van der Waals surface area contributed by atoms with Gasteiger partial charge in [-0.15, -0.1) is 0 Å². The van der Waals surface area contributed by atoms with Crippen molar-refractivity contribution in [2.45, 2.75) is 31.2 Å². The van der Waals surface area contributed by atoms with E-state index in [2.05, 4.69) is 9.88 Å². The first-order valence-electron chi connectivity index (χ1n) is 7.80. The Morgan fingerprint density at radius 1 is 1.20 bits per heavy atom. The standard InChI is InChI=1S/C16H20N4O4S/c1-10(2)15-11(9-24-18-15)8-17-25(22,23)12-5-6-13-14(7-12)20(4)16(21)19(13)3/h5-7,9-10,17H,8H2,1-4H3. The van der Waals surface area contributed by atoms with E-state index in [4.69, 9.17) is 4.52 Å². The molecule has 1 aromatic carbocycles. The van der Waals surface area contributed by atoms with E-state index in [0.29, 0.717) is 16.6 Å². The summed E-state index contributed by atoms with van der Waals surface area (Å²) in [6.07, 6.45) is 1.45. The fourth-order valence-corrected chi connectivity index (χ4v) is 3.81. The maximum atomic E-state index is 12.6. The molecule has 0 saturated heterocycles. The third-order valence-corrected chi connectivity index (χ3v) is 5.63. The second-order valence-corrected chi connectivity index (χ2v) is 8.02. The summed E-state index contributed by atoms with van der Waals surface area (Å²) in [6.45, 7) is 4.00. The van der Waals surface area contributed by atoms with Gasteiger partial charge in [-0.05, 0) is 24.1 Å². The summed E-state index contributed by atoms with van der Waals surface area (Å²) in [5, 5.41) is 3.90. The van der Waals surface area contributed by atoms with E-state index in [1.54, 1.807) is 20.2 Å². The van der Waals surface area contributed by atoms with Gasteiger partial charge >= 0.3 is 5.69 Å². The van der Waals surface area contributed by atoms with Crippen LogP contribution in [0, 0.1) is 0 Å². The van der Waals surface area contributed by atoms with E-state index < -0.39 is 10.0 Å².